The number of hydrogen-bond acceptors (Lipinski definition) is 3. The fraction of sp³-hybridized carbons (Fsp3) is 0.846. The lowest BCUT2D eigenvalue weighted by atomic mass is 9.82. The van der Waals surface area contributed by atoms with E-state index in [9.17, 15) is 4.79 Å². The van der Waals surface area contributed by atoms with Crippen LogP contribution < -0.4 is 5.73 Å². The van der Waals surface area contributed by atoms with Crippen molar-refractivity contribution in [3.8, 4) is 6.07 Å². The van der Waals surface area contributed by atoms with E-state index in [-0.39, 0.29) is 18.0 Å². The van der Waals surface area contributed by atoms with Crippen LogP contribution >= 0.6 is 0 Å². The molecular weight excluding hydrogens is 214 g/mol. The van der Waals surface area contributed by atoms with Gasteiger partial charge in [-0.3, -0.25) is 4.79 Å². The number of nitriles is 1. The zero-order valence-corrected chi connectivity index (χ0v) is 10.4. The van der Waals surface area contributed by atoms with Crippen LogP contribution in [0.25, 0.3) is 0 Å². The second-order valence-corrected chi connectivity index (χ2v) is 5.40. The molecule has 1 saturated carbocycles. The van der Waals surface area contributed by atoms with Gasteiger partial charge in [0.2, 0.25) is 5.91 Å². The summed E-state index contributed by atoms with van der Waals surface area (Å²) in [6.07, 6.45) is 6.54. The van der Waals surface area contributed by atoms with E-state index in [1.165, 1.54) is 19.3 Å². The van der Waals surface area contributed by atoms with Crippen LogP contribution in [-0.2, 0) is 4.79 Å². The fourth-order valence-electron chi connectivity index (χ4n) is 3.07. The Morgan fingerprint density at radius 1 is 1.41 bits per heavy atom. The summed E-state index contributed by atoms with van der Waals surface area (Å²) in [4.78, 5) is 13.9. The van der Waals surface area contributed by atoms with E-state index in [0.29, 0.717) is 5.92 Å². The Bertz CT molecular complexity index is 330. The summed E-state index contributed by atoms with van der Waals surface area (Å²) >= 11 is 0. The Kier molecular flexibility index (Phi) is 3.68. The molecule has 2 fully saturated rings. The van der Waals surface area contributed by atoms with Crippen molar-refractivity contribution in [2.45, 2.75) is 63.6 Å². The quantitative estimate of drug-likeness (QED) is 0.786. The summed E-state index contributed by atoms with van der Waals surface area (Å²) < 4.78 is 0. The molecule has 3 atom stereocenters. The maximum absolute atomic E-state index is 12.3. The normalized spacial score (nSPS) is 31.5. The largest absolute Gasteiger partial charge is 0.322 e. The molecule has 0 spiro atoms. The molecule has 3 unspecified atom stereocenters. The van der Waals surface area contributed by atoms with E-state index < -0.39 is 6.04 Å². The summed E-state index contributed by atoms with van der Waals surface area (Å²) in [6, 6.07) is 1.71. The Hall–Kier alpha value is -1.08. The Balaban J connectivity index is 1.96. The van der Waals surface area contributed by atoms with Crippen LogP contribution in [0.3, 0.4) is 0 Å². The first kappa shape index (κ1) is 12.4. The molecule has 1 aliphatic heterocycles. The first-order valence-electron chi connectivity index (χ1n) is 6.62. The van der Waals surface area contributed by atoms with E-state index >= 15 is 0 Å². The van der Waals surface area contributed by atoms with Crippen LogP contribution in [0.2, 0.25) is 0 Å². The summed E-state index contributed by atoms with van der Waals surface area (Å²) in [6.45, 7) is 1.99. The monoisotopic (exact) mass is 235 g/mol. The third-order valence-electron chi connectivity index (χ3n) is 4.22. The molecule has 94 valence electrons. The molecule has 2 aliphatic rings. The number of carbonyl (C=O) groups is 1. The topological polar surface area (TPSA) is 70.1 Å². The van der Waals surface area contributed by atoms with Crippen molar-refractivity contribution in [1.82, 2.24) is 4.90 Å². The minimum atomic E-state index is -0.395. The molecule has 1 amide bonds. The molecule has 0 bridgehead atoms. The highest BCUT2D eigenvalue weighted by molar-refractivity contribution is 5.83. The van der Waals surface area contributed by atoms with E-state index in [2.05, 4.69) is 6.07 Å². The maximum atomic E-state index is 12.3. The molecule has 1 saturated heterocycles. The Morgan fingerprint density at radius 2 is 2.06 bits per heavy atom. The molecule has 0 aromatic carbocycles. The molecule has 17 heavy (non-hydrogen) atoms. The van der Waals surface area contributed by atoms with E-state index in [1.54, 1.807) is 4.90 Å². The van der Waals surface area contributed by atoms with Crippen LogP contribution in [0.1, 0.15) is 45.4 Å². The minimum Gasteiger partial charge on any atom is -0.322 e. The van der Waals surface area contributed by atoms with Gasteiger partial charge in [0.05, 0.1) is 12.1 Å². The lowest BCUT2D eigenvalue weighted by Crippen LogP contribution is -2.61. The molecule has 2 N–H and O–H groups in total. The molecule has 0 radical (unpaired) electrons. The lowest BCUT2D eigenvalue weighted by molar-refractivity contribution is -0.144. The summed E-state index contributed by atoms with van der Waals surface area (Å²) in [5, 5.41) is 8.93. The molecule has 0 aromatic rings. The van der Waals surface area contributed by atoms with Crippen molar-refractivity contribution in [1.29, 1.82) is 5.26 Å². The van der Waals surface area contributed by atoms with Crippen LogP contribution in [0, 0.1) is 17.2 Å². The van der Waals surface area contributed by atoms with Gasteiger partial charge < -0.3 is 10.6 Å². The van der Waals surface area contributed by atoms with Crippen molar-refractivity contribution in [3.63, 3.8) is 0 Å². The SMILES string of the molecule is CC1CC(C#N)N1C(=O)C(N)C1CCCCC1. The summed E-state index contributed by atoms with van der Waals surface area (Å²) in [5.41, 5.74) is 6.08. The summed E-state index contributed by atoms with van der Waals surface area (Å²) in [5.74, 6) is 0.311. The average Bonchev–Trinajstić information content (AvgIpc) is 2.35. The average molecular weight is 235 g/mol. The zero-order valence-electron chi connectivity index (χ0n) is 10.4. The number of nitrogens with two attached hydrogens (primary N) is 1. The van der Waals surface area contributed by atoms with Gasteiger partial charge in [0.15, 0.2) is 0 Å². The van der Waals surface area contributed by atoms with Gasteiger partial charge in [-0.25, -0.2) is 0 Å². The highest BCUT2D eigenvalue weighted by Gasteiger charge is 2.42. The molecule has 0 aromatic heterocycles. The zero-order chi connectivity index (χ0) is 12.4. The molecular formula is C13H21N3O. The number of amides is 1. The van der Waals surface area contributed by atoms with Gasteiger partial charge >= 0.3 is 0 Å². The van der Waals surface area contributed by atoms with Crippen molar-refractivity contribution in [2.24, 2.45) is 11.7 Å². The first-order valence-corrected chi connectivity index (χ1v) is 6.62. The highest BCUT2D eigenvalue weighted by Crippen LogP contribution is 2.30. The number of likely N-dealkylation sites (tertiary alicyclic amines) is 1. The van der Waals surface area contributed by atoms with Gasteiger partial charge in [-0.15, -0.1) is 0 Å². The highest BCUT2D eigenvalue weighted by atomic mass is 16.2. The van der Waals surface area contributed by atoms with Crippen molar-refractivity contribution in [3.05, 3.63) is 0 Å². The van der Waals surface area contributed by atoms with Gasteiger partial charge in [0.1, 0.15) is 6.04 Å². The van der Waals surface area contributed by atoms with Gasteiger partial charge in [-0.2, -0.15) is 5.26 Å². The van der Waals surface area contributed by atoms with Crippen LogP contribution in [0.15, 0.2) is 0 Å². The van der Waals surface area contributed by atoms with Gasteiger partial charge in [0, 0.05) is 12.5 Å². The van der Waals surface area contributed by atoms with E-state index in [4.69, 9.17) is 11.0 Å². The molecule has 1 aliphatic carbocycles. The van der Waals surface area contributed by atoms with Crippen molar-refractivity contribution < 1.29 is 4.79 Å². The lowest BCUT2D eigenvalue weighted by Gasteiger charge is -2.45. The smallest absolute Gasteiger partial charge is 0.241 e. The van der Waals surface area contributed by atoms with Gasteiger partial charge in [-0.05, 0) is 25.7 Å². The Labute approximate surface area is 103 Å². The van der Waals surface area contributed by atoms with E-state index in [1.807, 2.05) is 6.92 Å². The predicted octanol–water partition coefficient (Wildman–Crippen LogP) is 1.41. The Morgan fingerprint density at radius 3 is 2.59 bits per heavy atom. The number of nitrogens with zero attached hydrogens (tertiary/aromatic N) is 2. The third kappa shape index (κ3) is 2.30. The summed E-state index contributed by atoms with van der Waals surface area (Å²) in [7, 11) is 0. The van der Waals surface area contributed by atoms with Crippen LogP contribution in [-0.4, -0.2) is 28.9 Å². The fourth-order valence-corrected chi connectivity index (χ4v) is 3.07. The van der Waals surface area contributed by atoms with Crippen LogP contribution in [0.5, 0.6) is 0 Å². The number of rotatable bonds is 2. The van der Waals surface area contributed by atoms with Crippen molar-refractivity contribution >= 4 is 5.91 Å². The minimum absolute atomic E-state index is 0.0119. The molecule has 2 rings (SSSR count). The predicted molar refractivity (Wildman–Crippen MR) is 64.9 cm³/mol. The van der Waals surface area contributed by atoms with Crippen molar-refractivity contribution in [2.75, 3.05) is 0 Å². The third-order valence-corrected chi connectivity index (χ3v) is 4.22. The second-order valence-electron chi connectivity index (χ2n) is 5.40. The van der Waals surface area contributed by atoms with Gasteiger partial charge in [0.25, 0.3) is 0 Å². The number of carbonyl (C=O) groups excluding carboxylic acids is 1. The van der Waals surface area contributed by atoms with Crippen LogP contribution in [0.4, 0.5) is 0 Å². The maximum Gasteiger partial charge on any atom is 0.241 e. The standard InChI is InChI=1S/C13H21N3O/c1-9-7-11(8-14)16(9)13(17)12(15)10-5-3-2-4-6-10/h9-12H,2-7,15H2,1H3. The van der Waals surface area contributed by atoms with Gasteiger partial charge in [-0.1, -0.05) is 19.3 Å². The molecule has 4 heteroatoms. The van der Waals surface area contributed by atoms with E-state index in [0.717, 1.165) is 19.3 Å². The molecule has 4 nitrogen and oxygen atoms in total. The molecule has 1 heterocycles. The second kappa shape index (κ2) is 5.05. The first-order chi connectivity index (χ1) is 8.15. The number of hydrogen-bond donors (Lipinski definition) is 1.